The third kappa shape index (κ3) is 4.73. The van der Waals surface area contributed by atoms with Gasteiger partial charge in [-0.3, -0.25) is 0 Å². The van der Waals surface area contributed by atoms with Crippen LogP contribution in [0.1, 0.15) is 52.9 Å². The number of carbonyl (C=O) groups is 2. The van der Waals surface area contributed by atoms with E-state index in [0.29, 0.717) is 18.3 Å². The van der Waals surface area contributed by atoms with Crippen molar-refractivity contribution in [3.05, 3.63) is 0 Å². The first-order chi connectivity index (χ1) is 8.95. The fourth-order valence-corrected chi connectivity index (χ4v) is 2.70. The molecule has 0 radical (unpaired) electrons. The van der Waals surface area contributed by atoms with Crippen LogP contribution in [0, 0.1) is 11.8 Å². The number of aliphatic carboxylic acids is 1. The molecule has 0 aromatic heterocycles. The second-order valence-electron chi connectivity index (χ2n) is 5.67. The lowest BCUT2D eigenvalue weighted by Gasteiger charge is -2.34. The smallest absolute Gasteiger partial charge is 0.326 e. The highest BCUT2D eigenvalue weighted by atomic mass is 16.4. The first-order valence-corrected chi connectivity index (χ1v) is 7.25. The third-order valence-corrected chi connectivity index (χ3v) is 4.20. The summed E-state index contributed by atoms with van der Waals surface area (Å²) in [7, 11) is 0. The predicted octanol–water partition coefficient (Wildman–Crippen LogP) is 2.36. The molecule has 110 valence electrons. The van der Waals surface area contributed by atoms with E-state index < -0.39 is 12.0 Å². The molecule has 3 unspecified atom stereocenters. The van der Waals surface area contributed by atoms with E-state index in [1.165, 1.54) is 6.42 Å². The van der Waals surface area contributed by atoms with Crippen LogP contribution in [0.5, 0.6) is 0 Å². The molecule has 5 heteroatoms. The molecule has 3 N–H and O–H groups in total. The summed E-state index contributed by atoms with van der Waals surface area (Å²) in [5.74, 6) is 0.0703. The molecule has 1 saturated carbocycles. The van der Waals surface area contributed by atoms with Gasteiger partial charge in [-0.25, -0.2) is 9.59 Å². The molecule has 0 saturated heterocycles. The summed E-state index contributed by atoms with van der Waals surface area (Å²) in [5.41, 5.74) is 0. The number of amides is 2. The number of nitrogens with one attached hydrogen (secondary N) is 2. The zero-order valence-corrected chi connectivity index (χ0v) is 12.1. The summed E-state index contributed by atoms with van der Waals surface area (Å²) in [4.78, 5) is 22.9. The molecule has 5 nitrogen and oxygen atoms in total. The Balaban J connectivity index is 2.47. The molecule has 19 heavy (non-hydrogen) atoms. The molecule has 0 spiro atoms. The van der Waals surface area contributed by atoms with Crippen LogP contribution in [0.25, 0.3) is 0 Å². The zero-order chi connectivity index (χ0) is 14.4. The van der Waals surface area contributed by atoms with E-state index in [2.05, 4.69) is 24.5 Å². The number of urea groups is 1. The lowest BCUT2D eigenvalue weighted by Crippen LogP contribution is -2.52. The van der Waals surface area contributed by atoms with Crippen LogP contribution in [-0.2, 0) is 4.79 Å². The Labute approximate surface area is 115 Å². The highest BCUT2D eigenvalue weighted by molar-refractivity contribution is 5.82. The van der Waals surface area contributed by atoms with Crippen molar-refractivity contribution in [1.29, 1.82) is 0 Å². The largest absolute Gasteiger partial charge is 0.480 e. The van der Waals surface area contributed by atoms with Crippen molar-refractivity contribution in [2.24, 2.45) is 11.8 Å². The van der Waals surface area contributed by atoms with Crippen LogP contribution in [0.2, 0.25) is 0 Å². The maximum Gasteiger partial charge on any atom is 0.326 e. The Morgan fingerprint density at radius 2 is 2.00 bits per heavy atom. The average Bonchev–Trinajstić information content (AvgIpc) is 2.34. The molecule has 1 aliphatic carbocycles. The summed E-state index contributed by atoms with van der Waals surface area (Å²) in [6.45, 7) is 6.25. The maximum absolute atomic E-state index is 11.9. The van der Waals surface area contributed by atoms with Crippen molar-refractivity contribution in [3.8, 4) is 0 Å². The van der Waals surface area contributed by atoms with Crippen LogP contribution < -0.4 is 10.6 Å². The van der Waals surface area contributed by atoms with Gasteiger partial charge in [0.2, 0.25) is 0 Å². The Morgan fingerprint density at radius 1 is 1.32 bits per heavy atom. The zero-order valence-electron chi connectivity index (χ0n) is 12.1. The van der Waals surface area contributed by atoms with Gasteiger partial charge >= 0.3 is 12.0 Å². The Kier molecular flexibility index (Phi) is 6.12. The Morgan fingerprint density at radius 3 is 2.58 bits per heavy atom. The highest BCUT2D eigenvalue weighted by Crippen LogP contribution is 2.29. The molecule has 4 atom stereocenters. The summed E-state index contributed by atoms with van der Waals surface area (Å²) < 4.78 is 0. The second kappa shape index (κ2) is 7.36. The molecule has 1 aliphatic rings. The number of rotatable bonds is 5. The van der Waals surface area contributed by atoms with Gasteiger partial charge < -0.3 is 15.7 Å². The van der Waals surface area contributed by atoms with E-state index >= 15 is 0 Å². The third-order valence-electron chi connectivity index (χ3n) is 4.20. The number of hydrogen-bond acceptors (Lipinski definition) is 2. The fourth-order valence-electron chi connectivity index (χ4n) is 2.70. The van der Waals surface area contributed by atoms with E-state index in [4.69, 9.17) is 5.11 Å². The monoisotopic (exact) mass is 270 g/mol. The Bertz CT molecular complexity index is 320. The molecule has 1 fully saturated rings. The quantitative estimate of drug-likeness (QED) is 0.717. The topological polar surface area (TPSA) is 78.4 Å². The van der Waals surface area contributed by atoms with Crippen molar-refractivity contribution in [1.82, 2.24) is 10.6 Å². The molecule has 2 amide bonds. The van der Waals surface area contributed by atoms with Gasteiger partial charge in [0, 0.05) is 6.04 Å². The van der Waals surface area contributed by atoms with Gasteiger partial charge in [0.25, 0.3) is 0 Å². The Hall–Kier alpha value is -1.26. The van der Waals surface area contributed by atoms with Crippen molar-refractivity contribution in [2.45, 2.75) is 65.0 Å². The lowest BCUT2D eigenvalue weighted by molar-refractivity contribution is -0.139. The van der Waals surface area contributed by atoms with E-state index in [1.807, 2.05) is 6.92 Å². The molecule has 0 bridgehead atoms. The molecule has 0 aromatic carbocycles. The standard InChI is InChI=1S/C14H26N2O3/c1-4-6-12(13(17)18)16-14(19)15-11-8-5-7-9(2)10(11)3/h9-12H,4-8H2,1-3H3,(H,17,18)(H2,15,16,19)/t9?,10?,11?,12-/m0/s1. The minimum atomic E-state index is -0.970. The molecule has 0 aromatic rings. The van der Waals surface area contributed by atoms with Gasteiger partial charge in [-0.15, -0.1) is 0 Å². The minimum Gasteiger partial charge on any atom is -0.480 e. The summed E-state index contributed by atoms with van der Waals surface area (Å²) in [5, 5.41) is 14.5. The molecule has 0 aliphatic heterocycles. The predicted molar refractivity (Wildman–Crippen MR) is 74.0 cm³/mol. The summed E-state index contributed by atoms with van der Waals surface area (Å²) in [6.07, 6.45) is 4.49. The molecule has 1 rings (SSSR count). The average molecular weight is 270 g/mol. The van der Waals surface area contributed by atoms with Crippen molar-refractivity contribution >= 4 is 12.0 Å². The highest BCUT2D eigenvalue weighted by Gasteiger charge is 2.29. The van der Waals surface area contributed by atoms with Crippen LogP contribution in [0.15, 0.2) is 0 Å². The number of carbonyl (C=O) groups excluding carboxylic acids is 1. The van der Waals surface area contributed by atoms with Gasteiger partial charge in [0.15, 0.2) is 0 Å². The molecular formula is C14H26N2O3. The second-order valence-corrected chi connectivity index (χ2v) is 5.67. The van der Waals surface area contributed by atoms with Crippen LogP contribution >= 0.6 is 0 Å². The first kappa shape index (κ1) is 15.8. The molecular weight excluding hydrogens is 244 g/mol. The van der Waals surface area contributed by atoms with Crippen molar-refractivity contribution < 1.29 is 14.7 Å². The summed E-state index contributed by atoms with van der Waals surface area (Å²) >= 11 is 0. The van der Waals surface area contributed by atoms with Crippen LogP contribution in [0.4, 0.5) is 4.79 Å². The maximum atomic E-state index is 11.9. The van der Waals surface area contributed by atoms with Gasteiger partial charge in [-0.2, -0.15) is 0 Å². The van der Waals surface area contributed by atoms with E-state index in [0.717, 1.165) is 19.3 Å². The fraction of sp³-hybridized carbons (Fsp3) is 0.857. The van der Waals surface area contributed by atoms with E-state index in [9.17, 15) is 9.59 Å². The van der Waals surface area contributed by atoms with Crippen LogP contribution in [-0.4, -0.2) is 29.2 Å². The number of carboxylic acids is 1. The van der Waals surface area contributed by atoms with E-state index in [-0.39, 0.29) is 12.1 Å². The first-order valence-electron chi connectivity index (χ1n) is 7.25. The van der Waals surface area contributed by atoms with E-state index in [1.54, 1.807) is 0 Å². The van der Waals surface area contributed by atoms with Crippen molar-refractivity contribution in [2.75, 3.05) is 0 Å². The molecule has 0 heterocycles. The SMILES string of the molecule is CCC[C@H](NC(=O)NC1CCCC(C)C1C)C(=O)O. The van der Waals surface area contributed by atoms with Gasteiger partial charge in [-0.05, 0) is 24.7 Å². The van der Waals surface area contributed by atoms with Crippen molar-refractivity contribution in [3.63, 3.8) is 0 Å². The van der Waals surface area contributed by atoms with Gasteiger partial charge in [0.1, 0.15) is 6.04 Å². The lowest BCUT2D eigenvalue weighted by atomic mass is 9.78. The minimum absolute atomic E-state index is 0.153. The number of carboxylic acid groups (broad SMARTS) is 1. The summed E-state index contributed by atoms with van der Waals surface area (Å²) in [6, 6.07) is -0.993. The number of hydrogen-bond donors (Lipinski definition) is 3. The normalized spacial score (nSPS) is 28.5. The van der Waals surface area contributed by atoms with Gasteiger partial charge in [-0.1, -0.05) is 40.0 Å². The van der Waals surface area contributed by atoms with Crippen LogP contribution in [0.3, 0.4) is 0 Å². The van der Waals surface area contributed by atoms with Gasteiger partial charge in [0.05, 0.1) is 0 Å².